The van der Waals surface area contributed by atoms with Crippen molar-refractivity contribution in [2.75, 3.05) is 5.32 Å². The van der Waals surface area contributed by atoms with Gasteiger partial charge in [-0.3, -0.25) is 0 Å². The summed E-state index contributed by atoms with van der Waals surface area (Å²) in [5, 5.41) is 20.9. The van der Waals surface area contributed by atoms with E-state index in [-0.39, 0.29) is 17.7 Å². The Hall–Kier alpha value is -2.23. The third-order valence-electron chi connectivity index (χ3n) is 3.10. The van der Waals surface area contributed by atoms with Crippen molar-refractivity contribution < 1.29 is 23.1 Å². The molecule has 1 aromatic rings. The molecule has 7 heteroatoms. The van der Waals surface area contributed by atoms with Gasteiger partial charge in [0, 0.05) is 0 Å². The highest BCUT2D eigenvalue weighted by atomic mass is 19.4. The Bertz CT molecular complexity index is 579. The van der Waals surface area contributed by atoms with Crippen LogP contribution in [0, 0.1) is 11.3 Å². The summed E-state index contributed by atoms with van der Waals surface area (Å²) in [6.45, 7) is 3.22. The molecule has 0 aliphatic carbocycles. The lowest BCUT2D eigenvalue weighted by Crippen LogP contribution is -2.43. The number of alkyl halides is 3. The summed E-state index contributed by atoms with van der Waals surface area (Å²) in [6.07, 6.45) is -3.71. The van der Waals surface area contributed by atoms with E-state index < -0.39 is 23.2 Å². The highest BCUT2D eigenvalue weighted by Crippen LogP contribution is 2.32. The number of aliphatic carboxylic acids is 1. The van der Waals surface area contributed by atoms with Crippen molar-refractivity contribution in [3.05, 3.63) is 29.3 Å². The second-order valence-electron chi connectivity index (χ2n) is 4.88. The molecule has 0 aliphatic heterocycles. The van der Waals surface area contributed by atoms with Crippen LogP contribution in [0.4, 0.5) is 18.9 Å². The SMILES string of the molecule is CCCC(C)(Nc1ccc(C(F)(F)F)cc1C#N)C(=O)O. The number of anilines is 1. The van der Waals surface area contributed by atoms with Crippen LogP contribution in [0.15, 0.2) is 18.2 Å². The molecule has 0 heterocycles. The van der Waals surface area contributed by atoms with Crippen LogP contribution in [0.25, 0.3) is 0 Å². The second-order valence-corrected chi connectivity index (χ2v) is 4.88. The van der Waals surface area contributed by atoms with Crippen LogP contribution in [0.3, 0.4) is 0 Å². The number of nitriles is 1. The number of nitrogens with zero attached hydrogens (tertiary/aromatic N) is 1. The topological polar surface area (TPSA) is 73.1 Å². The van der Waals surface area contributed by atoms with Gasteiger partial charge in [0.2, 0.25) is 0 Å². The van der Waals surface area contributed by atoms with E-state index in [0.29, 0.717) is 12.5 Å². The smallest absolute Gasteiger partial charge is 0.416 e. The van der Waals surface area contributed by atoms with E-state index in [1.807, 2.05) is 0 Å². The van der Waals surface area contributed by atoms with Crippen LogP contribution < -0.4 is 5.32 Å². The minimum Gasteiger partial charge on any atom is -0.480 e. The van der Waals surface area contributed by atoms with E-state index in [2.05, 4.69) is 5.32 Å². The zero-order valence-electron chi connectivity index (χ0n) is 11.6. The molecule has 0 amide bonds. The third kappa shape index (κ3) is 3.88. The van der Waals surface area contributed by atoms with Crippen LogP contribution in [0.2, 0.25) is 0 Å². The van der Waals surface area contributed by atoms with E-state index in [0.717, 1.165) is 12.1 Å². The fourth-order valence-corrected chi connectivity index (χ4v) is 1.94. The number of benzene rings is 1. The molecule has 0 aromatic heterocycles. The Kier molecular flexibility index (Phi) is 4.84. The van der Waals surface area contributed by atoms with Crippen molar-refractivity contribution >= 4 is 11.7 Å². The van der Waals surface area contributed by atoms with Gasteiger partial charge in [0.25, 0.3) is 0 Å². The molecule has 0 saturated carbocycles. The summed E-state index contributed by atoms with van der Waals surface area (Å²) in [7, 11) is 0. The maximum atomic E-state index is 12.6. The van der Waals surface area contributed by atoms with E-state index in [4.69, 9.17) is 5.26 Å². The van der Waals surface area contributed by atoms with E-state index in [9.17, 15) is 23.1 Å². The summed E-state index contributed by atoms with van der Waals surface area (Å²) in [5.74, 6) is -1.13. The van der Waals surface area contributed by atoms with Crippen molar-refractivity contribution in [1.82, 2.24) is 0 Å². The number of hydrogen-bond acceptors (Lipinski definition) is 3. The van der Waals surface area contributed by atoms with Gasteiger partial charge < -0.3 is 10.4 Å². The van der Waals surface area contributed by atoms with Gasteiger partial charge >= 0.3 is 12.1 Å². The molecule has 1 rings (SSSR count). The van der Waals surface area contributed by atoms with Crippen LogP contribution in [0.5, 0.6) is 0 Å². The lowest BCUT2D eigenvalue weighted by Gasteiger charge is -2.27. The molecule has 2 N–H and O–H groups in total. The summed E-state index contributed by atoms with van der Waals surface area (Å²) in [6, 6.07) is 4.26. The van der Waals surface area contributed by atoms with Gasteiger partial charge in [-0.1, -0.05) is 13.3 Å². The molecule has 0 fully saturated rings. The Morgan fingerprint density at radius 3 is 2.48 bits per heavy atom. The molecule has 0 spiro atoms. The van der Waals surface area contributed by atoms with Gasteiger partial charge in [0.05, 0.1) is 16.8 Å². The maximum absolute atomic E-state index is 12.6. The van der Waals surface area contributed by atoms with Gasteiger partial charge in [-0.25, -0.2) is 4.79 Å². The number of nitrogens with one attached hydrogen (secondary N) is 1. The predicted octanol–water partition coefficient (Wildman–Crippen LogP) is 3.63. The predicted molar refractivity (Wildman–Crippen MR) is 70.7 cm³/mol. The van der Waals surface area contributed by atoms with E-state index >= 15 is 0 Å². The molecule has 1 unspecified atom stereocenters. The number of rotatable bonds is 5. The molecule has 0 aliphatic rings. The largest absolute Gasteiger partial charge is 0.480 e. The van der Waals surface area contributed by atoms with Crippen LogP contribution >= 0.6 is 0 Å². The van der Waals surface area contributed by atoms with Crippen molar-refractivity contribution in [3.8, 4) is 6.07 Å². The highest BCUT2D eigenvalue weighted by molar-refractivity contribution is 5.83. The highest BCUT2D eigenvalue weighted by Gasteiger charge is 2.34. The van der Waals surface area contributed by atoms with Gasteiger partial charge in [-0.2, -0.15) is 18.4 Å². The standard InChI is InChI=1S/C14H15F3N2O2/c1-3-6-13(2,12(20)21)19-11-5-4-10(14(15,16)17)7-9(11)8-18/h4-5,7,19H,3,6H2,1-2H3,(H,20,21). The zero-order valence-corrected chi connectivity index (χ0v) is 11.6. The molecule has 0 bridgehead atoms. The van der Waals surface area contributed by atoms with Gasteiger partial charge in [-0.15, -0.1) is 0 Å². The monoisotopic (exact) mass is 300 g/mol. The first kappa shape index (κ1) is 16.8. The third-order valence-corrected chi connectivity index (χ3v) is 3.10. The van der Waals surface area contributed by atoms with E-state index in [1.54, 1.807) is 13.0 Å². The molecule has 1 atom stereocenters. The van der Waals surface area contributed by atoms with Gasteiger partial charge in [0.1, 0.15) is 11.6 Å². The van der Waals surface area contributed by atoms with Gasteiger partial charge in [-0.05, 0) is 31.5 Å². The summed E-state index contributed by atoms with van der Waals surface area (Å²) in [5.41, 5.74) is -2.46. The molecule has 114 valence electrons. The lowest BCUT2D eigenvalue weighted by atomic mass is 9.95. The second kappa shape index (κ2) is 6.04. The molecular formula is C14H15F3N2O2. The molecule has 21 heavy (non-hydrogen) atoms. The number of hydrogen-bond donors (Lipinski definition) is 2. The minimum absolute atomic E-state index is 0.0730. The molecule has 0 saturated heterocycles. The van der Waals surface area contributed by atoms with Crippen molar-refractivity contribution in [2.24, 2.45) is 0 Å². The first-order valence-electron chi connectivity index (χ1n) is 6.27. The first-order valence-corrected chi connectivity index (χ1v) is 6.27. The van der Waals surface area contributed by atoms with Crippen molar-refractivity contribution in [1.29, 1.82) is 5.26 Å². The average molecular weight is 300 g/mol. The summed E-state index contributed by atoms with van der Waals surface area (Å²) >= 11 is 0. The Labute approximate surface area is 120 Å². The quantitative estimate of drug-likeness (QED) is 0.871. The minimum atomic E-state index is -4.55. The fourth-order valence-electron chi connectivity index (χ4n) is 1.94. The van der Waals surface area contributed by atoms with Gasteiger partial charge in [0.15, 0.2) is 0 Å². The molecular weight excluding hydrogens is 285 g/mol. The Morgan fingerprint density at radius 1 is 1.43 bits per heavy atom. The van der Waals surface area contributed by atoms with Crippen LogP contribution in [-0.2, 0) is 11.0 Å². The average Bonchev–Trinajstić information content (AvgIpc) is 2.37. The summed E-state index contributed by atoms with van der Waals surface area (Å²) < 4.78 is 37.8. The number of carboxylic acid groups (broad SMARTS) is 1. The Balaban J connectivity index is 3.20. The first-order chi connectivity index (χ1) is 9.64. The van der Waals surface area contributed by atoms with Crippen LogP contribution in [0.1, 0.15) is 37.8 Å². The molecule has 4 nitrogen and oxygen atoms in total. The molecule has 0 radical (unpaired) electrons. The van der Waals surface area contributed by atoms with Crippen LogP contribution in [-0.4, -0.2) is 16.6 Å². The number of carboxylic acids is 1. The van der Waals surface area contributed by atoms with Crippen molar-refractivity contribution in [2.45, 2.75) is 38.4 Å². The summed E-state index contributed by atoms with van der Waals surface area (Å²) in [4.78, 5) is 11.3. The molecule has 1 aromatic carbocycles. The number of halogens is 3. The van der Waals surface area contributed by atoms with E-state index in [1.165, 1.54) is 6.92 Å². The Morgan fingerprint density at radius 2 is 2.05 bits per heavy atom. The maximum Gasteiger partial charge on any atom is 0.416 e. The normalized spacial score (nSPS) is 14.1. The van der Waals surface area contributed by atoms with Crippen molar-refractivity contribution in [3.63, 3.8) is 0 Å². The lowest BCUT2D eigenvalue weighted by molar-refractivity contribution is -0.142. The number of carbonyl (C=O) groups is 1. The zero-order chi connectivity index (χ0) is 16.3. The fraction of sp³-hybridized carbons (Fsp3) is 0.429.